The van der Waals surface area contributed by atoms with E-state index in [1.165, 1.54) is 12.6 Å². The van der Waals surface area contributed by atoms with Gasteiger partial charge in [-0.05, 0) is 61.6 Å². The van der Waals surface area contributed by atoms with Crippen LogP contribution in [0.3, 0.4) is 0 Å². The Morgan fingerprint density at radius 2 is 1.81 bits per heavy atom. The molecule has 0 bridgehead atoms. The Bertz CT molecular complexity index is 1750. The van der Waals surface area contributed by atoms with Crippen LogP contribution in [0.25, 0.3) is 16.8 Å². The quantitative estimate of drug-likeness (QED) is 0.143. The Balaban J connectivity index is 0.00000255. The molecule has 1 aliphatic rings. The van der Waals surface area contributed by atoms with Crippen molar-refractivity contribution in [3.05, 3.63) is 89.6 Å². The lowest BCUT2D eigenvalue weighted by molar-refractivity contribution is -0.117. The van der Waals surface area contributed by atoms with Crippen LogP contribution >= 0.6 is 0 Å². The van der Waals surface area contributed by atoms with Crippen LogP contribution in [0, 0.1) is 12.8 Å². The van der Waals surface area contributed by atoms with Crippen LogP contribution in [0.1, 0.15) is 73.0 Å². The minimum Gasteiger partial charge on any atom is -0.494 e. The number of ether oxygens (including phenoxy) is 1. The van der Waals surface area contributed by atoms with E-state index in [0.29, 0.717) is 23.7 Å². The molecule has 3 heterocycles. The van der Waals surface area contributed by atoms with Crippen LogP contribution in [0.4, 0.5) is 17.2 Å². The van der Waals surface area contributed by atoms with Crippen molar-refractivity contribution in [2.75, 3.05) is 31.8 Å². The Morgan fingerprint density at radius 3 is 2.46 bits per heavy atom. The van der Waals surface area contributed by atoms with Crippen molar-refractivity contribution in [2.45, 2.75) is 59.9 Å². The fourth-order valence-electron chi connectivity index (χ4n) is 5.21. The number of pyridine rings is 2. The lowest BCUT2D eigenvalue weighted by atomic mass is 9.99. The molecule has 3 N–H and O–H groups in total. The van der Waals surface area contributed by atoms with E-state index >= 15 is 0 Å². The van der Waals surface area contributed by atoms with Gasteiger partial charge in [-0.3, -0.25) is 19.6 Å². The standard InChI is InChI=1S/C35H40N8O3.C2H6/c1-7-8-23-15-16-37-26(17-23)20-43(5)22(3)27-14-12-25(19-38-27)31-21(2)9-13-28(33(31)46-6)39-29-18-30(40-34(44)24-10-11-24)41-42-32(29)35(45)36-4;1-2/h9,12-19,24H,3,7-8,10-11,20H2,1-2,4-6H3,(H,36,45)(H2,39,40,41,44);1-2H3. The fourth-order valence-corrected chi connectivity index (χ4v) is 5.21. The van der Waals surface area contributed by atoms with Crippen LogP contribution in [0.5, 0.6) is 5.75 Å². The van der Waals surface area contributed by atoms with Crippen molar-refractivity contribution in [3.63, 3.8) is 0 Å². The maximum atomic E-state index is 12.7. The monoisotopic (exact) mass is 650 g/mol. The molecule has 48 heavy (non-hydrogen) atoms. The molecule has 1 aromatic carbocycles. The zero-order valence-electron chi connectivity index (χ0n) is 29.0. The van der Waals surface area contributed by atoms with E-state index in [9.17, 15) is 9.59 Å². The van der Waals surface area contributed by atoms with E-state index in [-0.39, 0.29) is 23.3 Å². The van der Waals surface area contributed by atoms with E-state index in [1.807, 2.05) is 63.2 Å². The van der Waals surface area contributed by atoms with Gasteiger partial charge in [0.2, 0.25) is 5.91 Å². The number of benzene rings is 1. The summed E-state index contributed by atoms with van der Waals surface area (Å²) in [5, 5.41) is 16.8. The Kier molecular flexibility index (Phi) is 12.2. The molecule has 0 spiro atoms. The van der Waals surface area contributed by atoms with Gasteiger partial charge in [0, 0.05) is 49.6 Å². The minimum absolute atomic E-state index is 0.00577. The van der Waals surface area contributed by atoms with E-state index in [4.69, 9.17) is 9.72 Å². The smallest absolute Gasteiger partial charge is 0.273 e. The number of rotatable bonds is 13. The van der Waals surface area contributed by atoms with Crippen molar-refractivity contribution in [1.29, 1.82) is 0 Å². The van der Waals surface area contributed by atoms with Crippen LogP contribution in [0.15, 0.2) is 61.4 Å². The molecule has 0 unspecified atom stereocenters. The van der Waals surface area contributed by atoms with E-state index in [2.05, 4.69) is 56.8 Å². The second-order valence-electron chi connectivity index (χ2n) is 11.4. The number of carbonyl (C=O) groups excluding carboxylic acids is 2. The van der Waals surface area contributed by atoms with Gasteiger partial charge in [0.1, 0.15) is 5.75 Å². The van der Waals surface area contributed by atoms with E-state index in [1.54, 1.807) is 19.4 Å². The number of carbonyl (C=O) groups is 2. The topological polar surface area (TPSA) is 134 Å². The average molecular weight is 651 g/mol. The molecule has 0 radical (unpaired) electrons. The highest BCUT2D eigenvalue weighted by Crippen LogP contribution is 2.41. The number of hydrogen-bond acceptors (Lipinski definition) is 9. The molecular weight excluding hydrogens is 604 g/mol. The minimum atomic E-state index is -0.421. The third-order valence-corrected chi connectivity index (χ3v) is 7.90. The van der Waals surface area contributed by atoms with Gasteiger partial charge < -0.3 is 25.6 Å². The van der Waals surface area contributed by atoms with Crippen molar-refractivity contribution >= 4 is 34.7 Å². The van der Waals surface area contributed by atoms with Gasteiger partial charge in [-0.1, -0.05) is 45.9 Å². The Hall–Kier alpha value is -5.32. The normalized spacial score (nSPS) is 11.9. The van der Waals surface area contributed by atoms with Crippen molar-refractivity contribution in [1.82, 2.24) is 30.4 Å². The highest BCUT2D eigenvalue weighted by molar-refractivity contribution is 6.00. The molecule has 252 valence electrons. The predicted molar refractivity (Wildman–Crippen MR) is 191 cm³/mol. The average Bonchev–Trinajstić information content (AvgIpc) is 3.96. The van der Waals surface area contributed by atoms with Gasteiger partial charge in [0.25, 0.3) is 5.91 Å². The lowest BCUT2D eigenvalue weighted by Crippen LogP contribution is -2.22. The number of hydrogen-bond donors (Lipinski definition) is 3. The first kappa shape index (κ1) is 35.5. The molecule has 11 heteroatoms. The summed E-state index contributed by atoms with van der Waals surface area (Å²) < 4.78 is 5.93. The second-order valence-corrected chi connectivity index (χ2v) is 11.4. The molecule has 0 saturated heterocycles. The van der Waals surface area contributed by atoms with Gasteiger partial charge in [-0.25, -0.2) is 0 Å². The maximum Gasteiger partial charge on any atom is 0.273 e. The molecule has 0 aliphatic heterocycles. The number of amides is 2. The van der Waals surface area contributed by atoms with Crippen LogP contribution < -0.4 is 20.7 Å². The number of aromatic nitrogens is 4. The van der Waals surface area contributed by atoms with Crippen LogP contribution in [0.2, 0.25) is 0 Å². The molecule has 11 nitrogen and oxygen atoms in total. The summed E-state index contributed by atoms with van der Waals surface area (Å²) in [6.07, 6.45) is 7.49. The van der Waals surface area contributed by atoms with Gasteiger partial charge >= 0.3 is 0 Å². The summed E-state index contributed by atoms with van der Waals surface area (Å²) in [7, 11) is 5.10. The molecule has 4 aromatic rings. The molecular formula is C37H46N8O3. The summed E-state index contributed by atoms with van der Waals surface area (Å²) in [5.41, 5.74) is 7.52. The van der Waals surface area contributed by atoms with Crippen molar-refractivity contribution < 1.29 is 14.3 Å². The van der Waals surface area contributed by atoms with Crippen molar-refractivity contribution in [3.8, 4) is 16.9 Å². The maximum absolute atomic E-state index is 12.7. The van der Waals surface area contributed by atoms with E-state index in [0.717, 1.165) is 59.5 Å². The lowest BCUT2D eigenvalue weighted by Gasteiger charge is -2.22. The highest BCUT2D eigenvalue weighted by Gasteiger charge is 2.30. The fraction of sp³-hybridized carbons (Fsp3) is 0.351. The number of methoxy groups -OCH3 is 1. The second kappa shape index (κ2) is 16.5. The summed E-state index contributed by atoms with van der Waals surface area (Å²) in [5.74, 6) is 0.287. The summed E-state index contributed by atoms with van der Waals surface area (Å²) in [6, 6.07) is 13.6. The first-order valence-electron chi connectivity index (χ1n) is 16.4. The van der Waals surface area contributed by atoms with Gasteiger partial charge in [0.15, 0.2) is 11.5 Å². The van der Waals surface area contributed by atoms with E-state index < -0.39 is 5.91 Å². The SMILES string of the molecule is C=C(c1ccc(-c2c(C)ccc(Nc3cc(NC(=O)C4CC4)nnc3C(=O)NC)c2OC)cn1)N(C)Cc1cc(CCC)ccn1.CC. The molecule has 0 atom stereocenters. The molecule has 1 aliphatic carbocycles. The Morgan fingerprint density at radius 1 is 1.04 bits per heavy atom. The number of nitrogens with zero attached hydrogens (tertiary/aromatic N) is 5. The van der Waals surface area contributed by atoms with Gasteiger partial charge in [-0.2, -0.15) is 0 Å². The summed E-state index contributed by atoms with van der Waals surface area (Å²) in [4.78, 5) is 36.4. The largest absolute Gasteiger partial charge is 0.494 e. The zero-order valence-corrected chi connectivity index (χ0v) is 29.0. The first-order chi connectivity index (χ1) is 23.2. The van der Waals surface area contributed by atoms with Crippen LogP contribution in [-0.4, -0.2) is 58.1 Å². The number of anilines is 3. The summed E-state index contributed by atoms with van der Waals surface area (Å²) >= 11 is 0. The summed E-state index contributed by atoms with van der Waals surface area (Å²) in [6.45, 7) is 13.1. The molecule has 2 amide bonds. The zero-order chi connectivity index (χ0) is 34.8. The third kappa shape index (κ3) is 8.52. The van der Waals surface area contributed by atoms with Crippen LogP contribution in [-0.2, 0) is 17.8 Å². The van der Waals surface area contributed by atoms with Crippen molar-refractivity contribution in [2.24, 2.45) is 5.92 Å². The van der Waals surface area contributed by atoms with Gasteiger partial charge in [-0.15, -0.1) is 10.2 Å². The Labute approximate surface area is 283 Å². The number of aryl methyl sites for hydroxylation is 2. The molecule has 1 fully saturated rings. The third-order valence-electron chi connectivity index (χ3n) is 7.90. The predicted octanol–water partition coefficient (Wildman–Crippen LogP) is 6.78. The molecule has 5 rings (SSSR count). The molecule has 1 saturated carbocycles. The number of nitrogens with one attached hydrogen (secondary N) is 3. The van der Waals surface area contributed by atoms with Gasteiger partial charge in [0.05, 0.1) is 42.1 Å². The highest BCUT2D eigenvalue weighted by atomic mass is 16.5. The molecule has 3 aromatic heterocycles. The first-order valence-corrected chi connectivity index (χ1v) is 16.4.